The van der Waals surface area contributed by atoms with Crippen LogP contribution in [0.1, 0.15) is 23.7 Å². The first-order valence-electron chi connectivity index (χ1n) is 7.00. The van der Waals surface area contributed by atoms with Gasteiger partial charge in [-0.25, -0.2) is 0 Å². The molecule has 2 aromatic carbocycles. The van der Waals surface area contributed by atoms with Crippen molar-refractivity contribution in [2.75, 3.05) is 6.61 Å². The summed E-state index contributed by atoms with van der Waals surface area (Å²) in [6.07, 6.45) is 0.899. The first-order chi connectivity index (χ1) is 11.0. The highest BCUT2D eigenvalue weighted by atomic mass is 16.6. The second kappa shape index (κ2) is 7.26. The van der Waals surface area contributed by atoms with Crippen LogP contribution in [0.3, 0.4) is 0 Å². The van der Waals surface area contributed by atoms with Gasteiger partial charge in [0.1, 0.15) is 11.5 Å². The highest BCUT2D eigenvalue weighted by molar-refractivity contribution is 5.93. The fourth-order valence-corrected chi connectivity index (χ4v) is 1.85. The van der Waals surface area contributed by atoms with Crippen molar-refractivity contribution in [3.05, 3.63) is 58.1 Å². The maximum Gasteiger partial charge on any atom is 0.312 e. The fourth-order valence-electron chi connectivity index (χ4n) is 1.85. The molecule has 0 spiro atoms. The summed E-state index contributed by atoms with van der Waals surface area (Å²) in [5.41, 5.74) is 4.85. The number of benzene rings is 2. The van der Waals surface area contributed by atoms with Crippen LogP contribution in [0, 0.1) is 10.1 Å². The molecule has 0 bridgehead atoms. The van der Waals surface area contributed by atoms with E-state index in [0.717, 1.165) is 12.5 Å². The number of hydrogen-bond donors (Lipinski definition) is 1. The average molecular weight is 316 g/mol. The molecule has 2 aromatic rings. The van der Waals surface area contributed by atoms with Gasteiger partial charge in [0.2, 0.25) is 11.7 Å². The molecule has 0 saturated carbocycles. The zero-order valence-corrected chi connectivity index (χ0v) is 12.5. The van der Waals surface area contributed by atoms with Crippen LogP contribution in [0.5, 0.6) is 17.2 Å². The van der Waals surface area contributed by atoms with Gasteiger partial charge in [0, 0.05) is 11.6 Å². The molecule has 120 valence electrons. The van der Waals surface area contributed by atoms with E-state index in [9.17, 15) is 14.9 Å². The van der Waals surface area contributed by atoms with Gasteiger partial charge in [-0.15, -0.1) is 0 Å². The van der Waals surface area contributed by atoms with E-state index in [-0.39, 0.29) is 17.0 Å². The number of primary amides is 1. The summed E-state index contributed by atoms with van der Waals surface area (Å²) >= 11 is 0. The SMILES string of the molecule is CCCOc1ccc(Oc2ccc(C(N)=O)cc2[N+](=O)[O-])cc1. The Kier molecular flexibility index (Phi) is 5.14. The van der Waals surface area contributed by atoms with Gasteiger partial charge >= 0.3 is 5.69 Å². The van der Waals surface area contributed by atoms with E-state index in [0.29, 0.717) is 18.1 Å². The van der Waals surface area contributed by atoms with Gasteiger partial charge in [0.05, 0.1) is 11.5 Å². The van der Waals surface area contributed by atoms with Crippen LogP contribution in [-0.2, 0) is 0 Å². The molecule has 0 aliphatic heterocycles. The molecule has 0 radical (unpaired) electrons. The molecule has 0 fully saturated rings. The van der Waals surface area contributed by atoms with E-state index in [2.05, 4.69) is 0 Å². The smallest absolute Gasteiger partial charge is 0.312 e. The molecule has 2 N–H and O–H groups in total. The Morgan fingerprint density at radius 1 is 1.17 bits per heavy atom. The minimum Gasteiger partial charge on any atom is -0.494 e. The Balaban J connectivity index is 2.22. The van der Waals surface area contributed by atoms with Crippen molar-refractivity contribution < 1.29 is 19.2 Å². The van der Waals surface area contributed by atoms with Gasteiger partial charge in [0.15, 0.2) is 0 Å². The topological polar surface area (TPSA) is 105 Å². The minimum atomic E-state index is -0.739. The van der Waals surface area contributed by atoms with Crippen LogP contribution < -0.4 is 15.2 Å². The lowest BCUT2D eigenvalue weighted by Gasteiger charge is -2.08. The van der Waals surface area contributed by atoms with Crippen LogP contribution in [0.2, 0.25) is 0 Å². The molecule has 0 saturated heterocycles. The molecule has 0 aliphatic carbocycles. The quantitative estimate of drug-likeness (QED) is 0.623. The van der Waals surface area contributed by atoms with Crippen molar-refractivity contribution in [2.24, 2.45) is 5.73 Å². The number of rotatable bonds is 7. The molecule has 0 unspecified atom stereocenters. The summed E-state index contributed by atoms with van der Waals surface area (Å²) < 4.78 is 11.0. The van der Waals surface area contributed by atoms with Crippen LogP contribution in [0.25, 0.3) is 0 Å². The van der Waals surface area contributed by atoms with E-state index in [1.54, 1.807) is 24.3 Å². The van der Waals surface area contributed by atoms with Crippen molar-refractivity contribution in [3.8, 4) is 17.2 Å². The third-order valence-electron chi connectivity index (χ3n) is 2.96. The normalized spacial score (nSPS) is 10.1. The monoisotopic (exact) mass is 316 g/mol. The predicted molar refractivity (Wildman–Crippen MR) is 83.9 cm³/mol. The number of ether oxygens (including phenoxy) is 2. The van der Waals surface area contributed by atoms with E-state index in [1.165, 1.54) is 12.1 Å². The first kappa shape index (κ1) is 16.3. The highest BCUT2D eigenvalue weighted by Gasteiger charge is 2.18. The van der Waals surface area contributed by atoms with Crippen LogP contribution in [0.4, 0.5) is 5.69 Å². The highest BCUT2D eigenvalue weighted by Crippen LogP contribution is 2.32. The predicted octanol–water partition coefficient (Wildman–Crippen LogP) is 3.27. The zero-order chi connectivity index (χ0) is 16.8. The molecule has 2 rings (SSSR count). The van der Waals surface area contributed by atoms with Crippen molar-refractivity contribution in [3.63, 3.8) is 0 Å². The van der Waals surface area contributed by atoms with Gasteiger partial charge in [-0.2, -0.15) is 0 Å². The van der Waals surface area contributed by atoms with Gasteiger partial charge in [-0.05, 0) is 42.8 Å². The molecule has 0 heterocycles. The van der Waals surface area contributed by atoms with Crippen molar-refractivity contribution >= 4 is 11.6 Å². The van der Waals surface area contributed by atoms with Gasteiger partial charge in [-0.1, -0.05) is 6.92 Å². The molecule has 23 heavy (non-hydrogen) atoms. The summed E-state index contributed by atoms with van der Waals surface area (Å²) in [5, 5.41) is 11.1. The average Bonchev–Trinajstić information content (AvgIpc) is 2.54. The Morgan fingerprint density at radius 3 is 2.39 bits per heavy atom. The Labute approximate surface area is 132 Å². The summed E-state index contributed by atoms with van der Waals surface area (Å²) in [6.45, 7) is 2.62. The van der Waals surface area contributed by atoms with Crippen LogP contribution in [0.15, 0.2) is 42.5 Å². The number of nitro groups is 1. The molecular weight excluding hydrogens is 300 g/mol. The molecule has 1 amide bonds. The zero-order valence-electron chi connectivity index (χ0n) is 12.5. The second-order valence-electron chi connectivity index (χ2n) is 4.73. The van der Waals surface area contributed by atoms with Crippen molar-refractivity contribution in [1.29, 1.82) is 0 Å². The fraction of sp³-hybridized carbons (Fsp3) is 0.188. The first-order valence-corrected chi connectivity index (χ1v) is 7.00. The number of nitrogens with two attached hydrogens (primary N) is 1. The molecule has 7 nitrogen and oxygen atoms in total. The van der Waals surface area contributed by atoms with Gasteiger partial charge in [-0.3, -0.25) is 14.9 Å². The Hall–Kier alpha value is -3.09. The largest absolute Gasteiger partial charge is 0.494 e. The van der Waals surface area contributed by atoms with E-state index >= 15 is 0 Å². The lowest BCUT2D eigenvalue weighted by Crippen LogP contribution is -2.11. The van der Waals surface area contributed by atoms with E-state index in [4.69, 9.17) is 15.2 Å². The molecule has 7 heteroatoms. The van der Waals surface area contributed by atoms with Gasteiger partial charge < -0.3 is 15.2 Å². The molecule has 0 aromatic heterocycles. The van der Waals surface area contributed by atoms with E-state index in [1.807, 2.05) is 6.92 Å². The van der Waals surface area contributed by atoms with E-state index < -0.39 is 10.8 Å². The van der Waals surface area contributed by atoms with Gasteiger partial charge in [0.25, 0.3) is 0 Å². The number of carbonyl (C=O) groups is 1. The lowest BCUT2D eigenvalue weighted by atomic mass is 10.2. The summed E-state index contributed by atoms with van der Waals surface area (Å²) in [5.74, 6) is 0.404. The number of nitrogens with zero attached hydrogens (tertiary/aromatic N) is 1. The lowest BCUT2D eigenvalue weighted by molar-refractivity contribution is -0.385. The second-order valence-corrected chi connectivity index (χ2v) is 4.73. The number of hydrogen-bond acceptors (Lipinski definition) is 5. The van der Waals surface area contributed by atoms with Crippen molar-refractivity contribution in [1.82, 2.24) is 0 Å². The third-order valence-corrected chi connectivity index (χ3v) is 2.96. The maximum absolute atomic E-state index is 11.1. The summed E-state index contributed by atoms with van der Waals surface area (Å²) in [6, 6.07) is 10.6. The molecule has 0 aliphatic rings. The summed E-state index contributed by atoms with van der Waals surface area (Å²) in [4.78, 5) is 21.6. The Bertz CT molecular complexity index is 713. The standard InChI is InChI=1S/C16H16N2O5/c1-2-9-22-12-4-6-13(7-5-12)23-15-8-3-11(16(17)19)10-14(15)18(20)21/h3-8,10H,2,9H2,1H3,(H2,17,19). The number of carbonyl (C=O) groups excluding carboxylic acids is 1. The molecule has 0 atom stereocenters. The summed E-state index contributed by atoms with van der Waals surface area (Å²) in [7, 11) is 0. The Morgan fingerprint density at radius 2 is 1.83 bits per heavy atom. The molecular formula is C16H16N2O5. The van der Waals surface area contributed by atoms with Crippen LogP contribution >= 0.6 is 0 Å². The maximum atomic E-state index is 11.1. The number of nitro benzene ring substituents is 1. The number of amides is 1. The van der Waals surface area contributed by atoms with Crippen LogP contribution in [-0.4, -0.2) is 17.4 Å². The minimum absolute atomic E-state index is 0.0298. The third kappa shape index (κ3) is 4.19. The van der Waals surface area contributed by atoms with Crippen molar-refractivity contribution in [2.45, 2.75) is 13.3 Å².